The molecule has 0 spiro atoms. The number of hydrogen-bond donors (Lipinski definition) is 2. The van der Waals surface area contributed by atoms with Gasteiger partial charge >= 0.3 is 0 Å². The Balaban J connectivity index is 2.22. The summed E-state index contributed by atoms with van der Waals surface area (Å²) in [4.78, 5) is 6.42. The molecule has 4 nitrogen and oxygen atoms in total. The summed E-state index contributed by atoms with van der Waals surface area (Å²) >= 11 is 0. The number of hydrogen-bond acceptors (Lipinski definition) is 4. The molecule has 2 heterocycles. The fraction of sp³-hybridized carbons (Fsp3) is 0.583. The van der Waals surface area contributed by atoms with E-state index in [9.17, 15) is 5.11 Å². The minimum Gasteiger partial charge on any atom is -0.393 e. The highest BCUT2D eigenvalue weighted by atomic mass is 16.3. The second-order valence-corrected chi connectivity index (χ2v) is 4.67. The van der Waals surface area contributed by atoms with Gasteiger partial charge in [0, 0.05) is 12.1 Å². The molecule has 88 valence electrons. The van der Waals surface area contributed by atoms with E-state index in [-0.39, 0.29) is 6.10 Å². The number of pyridine rings is 1. The quantitative estimate of drug-likeness (QED) is 0.752. The van der Waals surface area contributed by atoms with Crippen LogP contribution in [0.5, 0.6) is 0 Å². The number of rotatable bonds is 1. The third-order valence-corrected chi connectivity index (χ3v) is 3.24. The van der Waals surface area contributed by atoms with Crippen LogP contribution in [0.3, 0.4) is 0 Å². The van der Waals surface area contributed by atoms with Gasteiger partial charge in [0.05, 0.1) is 18.0 Å². The van der Waals surface area contributed by atoms with E-state index in [0.717, 1.165) is 18.5 Å². The van der Waals surface area contributed by atoms with E-state index < -0.39 is 0 Å². The van der Waals surface area contributed by atoms with Gasteiger partial charge in [0.15, 0.2) is 0 Å². The molecule has 0 aliphatic carbocycles. The zero-order chi connectivity index (χ0) is 11.7. The number of aliphatic hydroxyl groups is 1. The number of aromatic nitrogens is 1. The minimum atomic E-state index is -0.178. The van der Waals surface area contributed by atoms with E-state index in [2.05, 4.69) is 23.7 Å². The molecule has 0 amide bonds. The molecule has 0 aromatic carbocycles. The average molecular weight is 221 g/mol. The Morgan fingerprint density at radius 1 is 1.31 bits per heavy atom. The first kappa shape index (κ1) is 11.2. The van der Waals surface area contributed by atoms with Gasteiger partial charge < -0.3 is 15.7 Å². The molecule has 1 aromatic rings. The van der Waals surface area contributed by atoms with Crippen molar-refractivity contribution in [2.75, 3.05) is 10.6 Å². The normalized spacial score (nSPS) is 30.4. The number of nitrogens with two attached hydrogens (primary N) is 1. The number of anilines is 2. The SMILES string of the molecule is CC1CC(O)CC(C)N1c1ccc(N)nc1. The molecular formula is C12H19N3O. The van der Waals surface area contributed by atoms with Crippen molar-refractivity contribution in [3.63, 3.8) is 0 Å². The Morgan fingerprint density at radius 3 is 2.44 bits per heavy atom. The van der Waals surface area contributed by atoms with E-state index in [1.165, 1.54) is 0 Å². The Kier molecular flexibility index (Phi) is 3.01. The predicted molar refractivity (Wildman–Crippen MR) is 65.3 cm³/mol. The molecule has 0 radical (unpaired) electrons. The summed E-state index contributed by atoms with van der Waals surface area (Å²) in [5.74, 6) is 0.543. The van der Waals surface area contributed by atoms with Crippen molar-refractivity contribution in [2.24, 2.45) is 0 Å². The highest BCUT2D eigenvalue weighted by Crippen LogP contribution is 2.28. The maximum absolute atomic E-state index is 9.70. The van der Waals surface area contributed by atoms with Gasteiger partial charge in [0.1, 0.15) is 5.82 Å². The van der Waals surface area contributed by atoms with Crippen LogP contribution in [-0.4, -0.2) is 28.3 Å². The summed E-state index contributed by atoms with van der Waals surface area (Å²) in [6, 6.07) is 4.49. The molecule has 1 aliphatic heterocycles. The van der Waals surface area contributed by atoms with Gasteiger partial charge in [0.25, 0.3) is 0 Å². The number of aliphatic hydroxyl groups excluding tert-OH is 1. The molecule has 3 N–H and O–H groups in total. The molecular weight excluding hydrogens is 202 g/mol. The van der Waals surface area contributed by atoms with Crippen LogP contribution >= 0.6 is 0 Å². The van der Waals surface area contributed by atoms with E-state index in [4.69, 9.17) is 5.73 Å². The van der Waals surface area contributed by atoms with Gasteiger partial charge in [-0.05, 0) is 38.8 Å². The van der Waals surface area contributed by atoms with E-state index in [1.54, 1.807) is 6.20 Å². The summed E-state index contributed by atoms with van der Waals surface area (Å²) in [5, 5.41) is 9.70. The molecule has 4 heteroatoms. The zero-order valence-corrected chi connectivity index (χ0v) is 9.80. The summed E-state index contributed by atoms with van der Waals surface area (Å²) in [6.45, 7) is 4.27. The van der Waals surface area contributed by atoms with Crippen LogP contribution in [0.1, 0.15) is 26.7 Å². The topological polar surface area (TPSA) is 62.4 Å². The average Bonchev–Trinajstić information content (AvgIpc) is 2.19. The van der Waals surface area contributed by atoms with Crippen LogP contribution in [0, 0.1) is 0 Å². The first-order chi connectivity index (χ1) is 7.58. The number of nitrogen functional groups attached to an aromatic ring is 1. The van der Waals surface area contributed by atoms with Gasteiger partial charge in [-0.2, -0.15) is 0 Å². The van der Waals surface area contributed by atoms with Crippen molar-refractivity contribution < 1.29 is 5.11 Å². The van der Waals surface area contributed by atoms with Gasteiger partial charge in [-0.1, -0.05) is 0 Å². The molecule has 1 aliphatic rings. The Bertz CT molecular complexity index is 340. The zero-order valence-electron chi connectivity index (χ0n) is 9.80. The maximum Gasteiger partial charge on any atom is 0.123 e. The first-order valence-electron chi connectivity index (χ1n) is 5.76. The highest BCUT2D eigenvalue weighted by Gasteiger charge is 2.29. The lowest BCUT2D eigenvalue weighted by atomic mass is 9.94. The van der Waals surface area contributed by atoms with Crippen LogP contribution in [0.15, 0.2) is 18.3 Å². The third-order valence-electron chi connectivity index (χ3n) is 3.24. The third kappa shape index (κ3) is 2.11. The van der Waals surface area contributed by atoms with Crippen LogP contribution in [-0.2, 0) is 0 Å². The van der Waals surface area contributed by atoms with Gasteiger partial charge in [-0.15, -0.1) is 0 Å². The second kappa shape index (κ2) is 4.29. The standard InChI is InChI=1S/C12H19N3O/c1-8-5-11(16)6-9(2)15(8)10-3-4-12(13)14-7-10/h3-4,7-9,11,16H,5-6H2,1-2H3,(H2,13,14). The largest absolute Gasteiger partial charge is 0.393 e. The van der Waals surface area contributed by atoms with Crippen molar-refractivity contribution in [1.29, 1.82) is 0 Å². The summed E-state index contributed by atoms with van der Waals surface area (Å²) in [6.07, 6.45) is 3.26. The summed E-state index contributed by atoms with van der Waals surface area (Å²) in [5.41, 5.74) is 6.66. The molecule has 2 atom stereocenters. The molecule has 2 unspecified atom stereocenters. The van der Waals surface area contributed by atoms with Crippen LogP contribution in [0.2, 0.25) is 0 Å². The summed E-state index contributed by atoms with van der Waals surface area (Å²) < 4.78 is 0. The second-order valence-electron chi connectivity index (χ2n) is 4.67. The van der Waals surface area contributed by atoms with E-state index in [0.29, 0.717) is 17.9 Å². The minimum absolute atomic E-state index is 0.178. The smallest absolute Gasteiger partial charge is 0.123 e. The van der Waals surface area contributed by atoms with Gasteiger partial charge in [-0.25, -0.2) is 4.98 Å². The maximum atomic E-state index is 9.70. The van der Waals surface area contributed by atoms with Crippen molar-refractivity contribution in [3.05, 3.63) is 18.3 Å². The molecule has 1 fully saturated rings. The fourth-order valence-corrected chi connectivity index (χ4v) is 2.60. The van der Waals surface area contributed by atoms with Gasteiger partial charge in [-0.3, -0.25) is 0 Å². The van der Waals surface area contributed by atoms with E-state index >= 15 is 0 Å². The lowest BCUT2D eigenvalue weighted by Crippen LogP contribution is -2.48. The van der Waals surface area contributed by atoms with Crippen molar-refractivity contribution in [1.82, 2.24) is 4.98 Å². The Hall–Kier alpha value is -1.29. The monoisotopic (exact) mass is 221 g/mol. The van der Waals surface area contributed by atoms with Crippen LogP contribution < -0.4 is 10.6 Å². The van der Waals surface area contributed by atoms with Crippen molar-refractivity contribution in [3.8, 4) is 0 Å². The molecule has 2 rings (SSSR count). The number of piperidine rings is 1. The molecule has 0 saturated carbocycles. The van der Waals surface area contributed by atoms with Crippen LogP contribution in [0.25, 0.3) is 0 Å². The van der Waals surface area contributed by atoms with Crippen LogP contribution in [0.4, 0.5) is 11.5 Å². The Morgan fingerprint density at radius 2 is 1.94 bits per heavy atom. The molecule has 0 bridgehead atoms. The molecule has 1 aromatic heterocycles. The van der Waals surface area contributed by atoms with Gasteiger partial charge in [0.2, 0.25) is 0 Å². The van der Waals surface area contributed by atoms with E-state index in [1.807, 2.05) is 12.1 Å². The first-order valence-corrected chi connectivity index (χ1v) is 5.76. The Labute approximate surface area is 96.1 Å². The number of nitrogens with zero attached hydrogens (tertiary/aromatic N) is 2. The molecule has 1 saturated heterocycles. The summed E-state index contributed by atoms with van der Waals surface area (Å²) in [7, 11) is 0. The fourth-order valence-electron chi connectivity index (χ4n) is 2.60. The highest BCUT2D eigenvalue weighted by molar-refractivity contribution is 5.50. The lowest BCUT2D eigenvalue weighted by molar-refractivity contribution is 0.116. The van der Waals surface area contributed by atoms with Crippen molar-refractivity contribution >= 4 is 11.5 Å². The van der Waals surface area contributed by atoms with Crippen molar-refractivity contribution in [2.45, 2.75) is 44.9 Å². The molecule has 16 heavy (non-hydrogen) atoms. The predicted octanol–water partition coefficient (Wildman–Crippen LogP) is 1.40. The lowest BCUT2D eigenvalue weighted by Gasteiger charge is -2.42.